The normalized spacial score (nSPS) is 11.4. The highest BCUT2D eigenvalue weighted by atomic mass is 16.2. The van der Waals surface area contributed by atoms with E-state index in [1.165, 1.54) is 4.57 Å². The summed E-state index contributed by atoms with van der Waals surface area (Å²) in [6, 6.07) is 8.33. The zero-order chi connectivity index (χ0) is 27.7. The van der Waals surface area contributed by atoms with E-state index in [0.29, 0.717) is 51.0 Å². The van der Waals surface area contributed by atoms with Gasteiger partial charge in [-0.25, -0.2) is 19.7 Å². The third kappa shape index (κ3) is 5.17. The van der Waals surface area contributed by atoms with Crippen molar-refractivity contribution in [2.45, 2.75) is 26.2 Å². The van der Waals surface area contributed by atoms with Crippen molar-refractivity contribution >= 4 is 34.4 Å². The van der Waals surface area contributed by atoms with Crippen LogP contribution in [0, 0.1) is 0 Å². The number of carbonyl (C=O) groups excluding carboxylic acids is 1. The summed E-state index contributed by atoms with van der Waals surface area (Å²) in [4.78, 5) is 44.0. The number of benzene rings is 1. The minimum Gasteiger partial charge on any atom is -0.357 e. The fraction of sp³-hybridized carbons (Fsp3) is 0.222. The van der Waals surface area contributed by atoms with Crippen LogP contribution in [0.2, 0.25) is 0 Å². The van der Waals surface area contributed by atoms with Crippen LogP contribution in [-0.4, -0.2) is 47.8 Å². The van der Waals surface area contributed by atoms with Crippen molar-refractivity contribution in [1.82, 2.24) is 34.7 Å². The van der Waals surface area contributed by atoms with Gasteiger partial charge in [-0.05, 0) is 23.8 Å². The lowest BCUT2D eigenvalue weighted by Gasteiger charge is -2.18. The van der Waals surface area contributed by atoms with Gasteiger partial charge in [-0.15, -0.1) is 0 Å². The largest absolute Gasteiger partial charge is 0.357 e. The molecule has 39 heavy (non-hydrogen) atoms. The summed E-state index contributed by atoms with van der Waals surface area (Å²) in [7, 11) is 3.38. The van der Waals surface area contributed by atoms with Gasteiger partial charge < -0.3 is 16.0 Å². The molecular formula is C27H28N10O2. The summed E-state index contributed by atoms with van der Waals surface area (Å²) in [5.41, 5.74) is 3.34. The number of urea groups is 1. The number of aromatic amines is 1. The van der Waals surface area contributed by atoms with Gasteiger partial charge in [0, 0.05) is 54.1 Å². The van der Waals surface area contributed by atoms with Crippen LogP contribution in [0.25, 0.3) is 33.4 Å². The first kappa shape index (κ1) is 25.5. The van der Waals surface area contributed by atoms with Gasteiger partial charge in [0.1, 0.15) is 17.2 Å². The monoisotopic (exact) mass is 524 g/mol. The molecule has 5 aromatic rings. The molecule has 0 atom stereocenters. The summed E-state index contributed by atoms with van der Waals surface area (Å²) in [5.74, 6) is 1.07. The number of anilines is 3. The minimum atomic E-state index is -0.483. The highest BCUT2D eigenvalue weighted by Crippen LogP contribution is 2.29. The Balaban J connectivity index is 1.42. The van der Waals surface area contributed by atoms with Crippen LogP contribution < -0.4 is 21.5 Å². The van der Waals surface area contributed by atoms with E-state index in [0.717, 1.165) is 5.56 Å². The standard InChI is InChI=1S/C27H28N10O2/c1-27(2,3)24-29-14-20(21(35-24)17-12-31-32-13-17)34-26(39)33-18-8-6-7-15(9-18)19-10-16-11-30-25(28-4)36-22(16)37(5)23(19)38/h6-14H,1-5H3,(H,31,32)(H,28,30,36)(H2,33,34,39). The third-order valence-corrected chi connectivity index (χ3v) is 6.08. The van der Waals surface area contributed by atoms with Crippen LogP contribution >= 0.6 is 0 Å². The molecule has 0 aliphatic rings. The van der Waals surface area contributed by atoms with E-state index in [1.54, 1.807) is 63.1 Å². The van der Waals surface area contributed by atoms with Gasteiger partial charge in [0.15, 0.2) is 0 Å². The second-order valence-electron chi connectivity index (χ2n) is 10.00. The predicted octanol–water partition coefficient (Wildman–Crippen LogP) is 4.16. The van der Waals surface area contributed by atoms with Crippen molar-refractivity contribution in [1.29, 1.82) is 0 Å². The lowest BCUT2D eigenvalue weighted by atomic mass is 9.95. The Morgan fingerprint density at radius 2 is 1.82 bits per heavy atom. The topological polar surface area (TPSA) is 155 Å². The molecule has 4 N–H and O–H groups in total. The van der Waals surface area contributed by atoms with Crippen LogP contribution in [0.5, 0.6) is 0 Å². The smallest absolute Gasteiger partial charge is 0.323 e. The maximum atomic E-state index is 13.2. The summed E-state index contributed by atoms with van der Waals surface area (Å²) >= 11 is 0. The predicted molar refractivity (Wildman–Crippen MR) is 151 cm³/mol. The average molecular weight is 525 g/mol. The zero-order valence-electron chi connectivity index (χ0n) is 22.2. The van der Waals surface area contributed by atoms with Crippen molar-refractivity contribution in [2.24, 2.45) is 7.05 Å². The molecular weight excluding hydrogens is 496 g/mol. The minimum absolute atomic E-state index is 0.217. The average Bonchev–Trinajstić information content (AvgIpc) is 3.45. The lowest BCUT2D eigenvalue weighted by molar-refractivity contribution is 0.262. The van der Waals surface area contributed by atoms with Crippen LogP contribution in [0.3, 0.4) is 0 Å². The van der Waals surface area contributed by atoms with Crippen molar-refractivity contribution in [2.75, 3.05) is 23.0 Å². The van der Waals surface area contributed by atoms with Gasteiger partial charge in [0.05, 0.1) is 18.1 Å². The molecule has 0 unspecified atom stereocenters. The van der Waals surface area contributed by atoms with E-state index in [2.05, 4.69) is 46.1 Å². The molecule has 2 amide bonds. The fourth-order valence-corrected chi connectivity index (χ4v) is 4.06. The summed E-state index contributed by atoms with van der Waals surface area (Å²) < 4.78 is 1.48. The van der Waals surface area contributed by atoms with Crippen LogP contribution in [0.15, 0.2) is 59.9 Å². The molecule has 1 aromatic carbocycles. The zero-order valence-corrected chi connectivity index (χ0v) is 22.2. The van der Waals surface area contributed by atoms with Gasteiger partial charge in [-0.3, -0.25) is 14.5 Å². The van der Waals surface area contributed by atoms with Gasteiger partial charge in [-0.2, -0.15) is 10.1 Å². The molecule has 5 rings (SSSR count). The molecule has 4 heterocycles. The van der Waals surface area contributed by atoms with Gasteiger partial charge in [0.25, 0.3) is 5.56 Å². The van der Waals surface area contributed by atoms with E-state index in [4.69, 9.17) is 0 Å². The third-order valence-electron chi connectivity index (χ3n) is 6.08. The Kier molecular flexibility index (Phi) is 6.52. The second kappa shape index (κ2) is 9.97. The number of nitrogens with zero attached hydrogens (tertiary/aromatic N) is 6. The maximum Gasteiger partial charge on any atom is 0.323 e. The summed E-state index contributed by atoms with van der Waals surface area (Å²) in [5, 5.41) is 16.0. The SMILES string of the molecule is CNc1ncc2cc(-c3cccc(NC(=O)Nc4cnc(C(C)(C)C)nc4-c4cn[nH]c4)c3)c(=O)n(C)c2n1. The molecule has 0 radical (unpaired) electrons. The number of hydrogen-bond acceptors (Lipinski definition) is 8. The number of nitrogens with one attached hydrogen (secondary N) is 4. The first-order chi connectivity index (χ1) is 18.6. The number of carbonyl (C=O) groups is 1. The first-order valence-electron chi connectivity index (χ1n) is 12.2. The van der Waals surface area contributed by atoms with Gasteiger partial charge in [-0.1, -0.05) is 32.9 Å². The molecule has 0 fully saturated rings. The van der Waals surface area contributed by atoms with Gasteiger partial charge >= 0.3 is 6.03 Å². The Hall–Kier alpha value is -5.13. The molecule has 4 aromatic heterocycles. The maximum absolute atomic E-state index is 13.2. The van der Waals surface area contributed by atoms with E-state index in [-0.39, 0.29) is 11.0 Å². The number of aryl methyl sites for hydroxylation is 1. The summed E-state index contributed by atoms with van der Waals surface area (Å²) in [6.45, 7) is 6.05. The lowest BCUT2D eigenvalue weighted by Crippen LogP contribution is -2.22. The van der Waals surface area contributed by atoms with Crippen molar-refractivity contribution in [3.8, 4) is 22.4 Å². The molecule has 0 saturated carbocycles. The molecule has 0 saturated heterocycles. The number of hydrogen-bond donors (Lipinski definition) is 4. The van der Waals surface area contributed by atoms with Crippen molar-refractivity contribution in [3.05, 3.63) is 71.3 Å². The highest BCUT2D eigenvalue weighted by molar-refractivity contribution is 6.02. The van der Waals surface area contributed by atoms with E-state index in [9.17, 15) is 9.59 Å². The van der Waals surface area contributed by atoms with Crippen LogP contribution in [-0.2, 0) is 12.5 Å². The molecule has 198 valence electrons. The van der Waals surface area contributed by atoms with E-state index in [1.807, 2.05) is 26.8 Å². The number of pyridine rings is 1. The Labute approximate surface area is 224 Å². The fourth-order valence-electron chi connectivity index (χ4n) is 4.06. The molecule has 12 nitrogen and oxygen atoms in total. The number of H-pyrrole nitrogens is 1. The van der Waals surface area contributed by atoms with Crippen LogP contribution in [0.4, 0.5) is 22.1 Å². The quantitative estimate of drug-likeness (QED) is 0.267. The number of amides is 2. The van der Waals surface area contributed by atoms with Crippen LogP contribution in [0.1, 0.15) is 26.6 Å². The first-order valence-corrected chi connectivity index (χ1v) is 12.2. The highest BCUT2D eigenvalue weighted by Gasteiger charge is 2.21. The Morgan fingerprint density at radius 3 is 2.54 bits per heavy atom. The number of rotatable bonds is 5. The van der Waals surface area contributed by atoms with Crippen molar-refractivity contribution in [3.63, 3.8) is 0 Å². The van der Waals surface area contributed by atoms with E-state index >= 15 is 0 Å². The van der Waals surface area contributed by atoms with Gasteiger partial charge in [0.2, 0.25) is 5.95 Å². The molecule has 0 bridgehead atoms. The Bertz CT molecular complexity index is 1740. The number of aromatic nitrogens is 7. The molecule has 0 spiro atoms. The molecule has 0 aliphatic carbocycles. The molecule has 12 heteroatoms. The molecule has 0 aliphatic heterocycles. The van der Waals surface area contributed by atoms with E-state index < -0.39 is 6.03 Å². The summed E-state index contributed by atoms with van der Waals surface area (Å²) in [6.07, 6.45) is 6.59. The Morgan fingerprint density at radius 1 is 1.00 bits per heavy atom. The second-order valence-corrected chi connectivity index (χ2v) is 10.00. The number of fused-ring (bicyclic) bond motifs is 1. The van der Waals surface area contributed by atoms with Crippen molar-refractivity contribution < 1.29 is 4.79 Å².